The lowest BCUT2D eigenvalue weighted by Gasteiger charge is -1.99. The number of aromatic hydroxyl groups is 1. The van der Waals surface area contributed by atoms with Crippen molar-refractivity contribution in [3.63, 3.8) is 0 Å². The molecule has 1 aromatic heterocycles. The molecule has 3 aromatic rings. The average molecular weight is 323 g/mol. The van der Waals surface area contributed by atoms with E-state index in [1.165, 1.54) is 4.90 Å². The molecule has 0 aliphatic carbocycles. The van der Waals surface area contributed by atoms with Crippen LogP contribution in [-0.2, 0) is 0 Å². The predicted molar refractivity (Wildman–Crippen MR) is 95.3 cm³/mol. The number of phenols is 1. The van der Waals surface area contributed by atoms with Crippen LogP contribution in [0.3, 0.4) is 0 Å². The summed E-state index contributed by atoms with van der Waals surface area (Å²) in [5, 5.41) is 17.0. The van der Waals surface area contributed by atoms with E-state index >= 15 is 0 Å². The second-order valence-corrected chi connectivity index (χ2v) is 6.00. The summed E-state index contributed by atoms with van der Waals surface area (Å²) >= 11 is 1.72. The highest BCUT2D eigenvalue weighted by Gasteiger charge is 2.10. The van der Waals surface area contributed by atoms with Gasteiger partial charge < -0.3 is 5.11 Å². The molecule has 1 heterocycles. The van der Waals surface area contributed by atoms with Crippen LogP contribution in [0.15, 0.2) is 53.4 Å². The minimum Gasteiger partial charge on any atom is -0.507 e. The third kappa shape index (κ3) is 3.46. The first-order valence-electron chi connectivity index (χ1n) is 7.21. The summed E-state index contributed by atoms with van der Waals surface area (Å²) in [4.78, 5) is 5.71. The first kappa shape index (κ1) is 15.4. The number of hydrogen-bond donors (Lipinski definition) is 2. The van der Waals surface area contributed by atoms with Gasteiger partial charge in [-0.3, -0.25) is 5.10 Å². The number of H-pyrrole nitrogens is 1. The van der Waals surface area contributed by atoms with E-state index in [1.807, 2.05) is 19.1 Å². The second kappa shape index (κ2) is 6.71. The Kier molecular flexibility index (Phi) is 4.48. The van der Waals surface area contributed by atoms with Crippen molar-refractivity contribution in [3.05, 3.63) is 59.9 Å². The molecule has 0 radical (unpaired) electrons. The van der Waals surface area contributed by atoms with Crippen molar-refractivity contribution in [2.24, 2.45) is 0 Å². The predicted octanol–water partition coefficient (Wildman–Crippen LogP) is 4.46. The van der Waals surface area contributed by atoms with Gasteiger partial charge in [-0.25, -0.2) is 4.98 Å². The lowest BCUT2D eigenvalue weighted by atomic mass is 10.1. The highest BCUT2D eigenvalue weighted by Crippen LogP contribution is 2.26. The Hall–Kier alpha value is -2.53. The summed E-state index contributed by atoms with van der Waals surface area (Å²) in [6, 6.07) is 15.4. The molecule has 5 heteroatoms. The molecule has 23 heavy (non-hydrogen) atoms. The van der Waals surface area contributed by atoms with Crippen molar-refractivity contribution in [3.8, 4) is 17.1 Å². The molecule has 0 aliphatic heterocycles. The number of para-hydroxylation sites is 1. The van der Waals surface area contributed by atoms with Crippen molar-refractivity contribution < 1.29 is 5.11 Å². The summed E-state index contributed by atoms with van der Waals surface area (Å²) in [7, 11) is 0. The smallest absolute Gasteiger partial charge is 0.177 e. The zero-order valence-electron chi connectivity index (χ0n) is 12.9. The maximum absolute atomic E-state index is 9.89. The Morgan fingerprint density at radius 2 is 1.87 bits per heavy atom. The fraction of sp³-hybridized carbons (Fsp3) is 0.111. The van der Waals surface area contributed by atoms with Crippen LogP contribution in [0.5, 0.6) is 5.75 Å². The first-order chi connectivity index (χ1) is 11.2. The maximum atomic E-state index is 9.89. The summed E-state index contributed by atoms with van der Waals surface area (Å²) in [5.74, 6) is 1.37. The number of aromatic nitrogens is 3. The minimum absolute atomic E-state index is 0.185. The summed E-state index contributed by atoms with van der Waals surface area (Å²) in [6.45, 7) is 1.97. The molecule has 0 amide bonds. The van der Waals surface area contributed by atoms with Crippen molar-refractivity contribution in [1.29, 1.82) is 0 Å². The van der Waals surface area contributed by atoms with Crippen LogP contribution in [0.1, 0.15) is 18.3 Å². The van der Waals surface area contributed by atoms with Crippen molar-refractivity contribution in [1.82, 2.24) is 15.2 Å². The van der Waals surface area contributed by atoms with Gasteiger partial charge in [-0.05, 0) is 54.7 Å². The molecule has 4 nitrogen and oxygen atoms in total. The number of allylic oxidation sites excluding steroid dienone is 1. The van der Waals surface area contributed by atoms with Crippen LogP contribution < -0.4 is 0 Å². The Bertz CT molecular complexity index is 837. The summed E-state index contributed by atoms with van der Waals surface area (Å²) < 4.78 is 0. The number of nitrogens with one attached hydrogen (secondary N) is 1. The molecular weight excluding hydrogens is 306 g/mol. The number of nitrogens with zero attached hydrogens (tertiary/aromatic N) is 2. The molecule has 0 fully saturated rings. The number of hydrogen-bond acceptors (Lipinski definition) is 4. The van der Waals surface area contributed by atoms with E-state index < -0.39 is 0 Å². The van der Waals surface area contributed by atoms with Crippen LogP contribution in [-0.4, -0.2) is 26.5 Å². The van der Waals surface area contributed by atoms with Crippen LogP contribution in [0.4, 0.5) is 0 Å². The SMILES string of the molecule is CSc1ccc(C=C(C)c2n[nH]c(-c3ccccc3O)n2)cc1. The Morgan fingerprint density at radius 1 is 1.13 bits per heavy atom. The molecule has 0 spiro atoms. The van der Waals surface area contributed by atoms with Gasteiger partial charge in [0, 0.05) is 4.90 Å². The largest absolute Gasteiger partial charge is 0.507 e. The molecule has 2 N–H and O–H groups in total. The van der Waals surface area contributed by atoms with Crippen molar-refractivity contribution in [2.75, 3.05) is 6.26 Å². The lowest BCUT2D eigenvalue weighted by Crippen LogP contribution is -1.84. The highest BCUT2D eigenvalue weighted by atomic mass is 32.2. The van der Waals surface area contributed by atoms with Gasteiger partial charge in [0.25, 0.3) is 0 Å². The monoisotopic (exact) mass is 323 g/mol. The normalized spacial score (nSPS) is 11.7. The van der Waals surface area contributed by atoms with E-state index in [1.54, 1.807) is 30.0 Å². The van der Waals surface area contributed by atoms with Gasteiger partial charge in [-0.15, -0.1) is 11.8 Å². The van der Waals surface area contributed by atoms with E-state index in [9.17, 15) is 5.11 Å². The highest BCUT2D eigenvalue weighted by molar-refractivity contribution is 7.98. The Labute approximate surface area is 139 Å². The van der Waals surface area contributed by atoms with Gasteiger partial charge in [-0.2, -0.15) is 5.10 Å². The molecular formula is C18H17N3OS. The molecule has 3 rings (SSSR count). The quantitative estimate of drug-likeness (QED) is 0.696. The molecule has 0 saturated heterocycles. The van der Waals surface area contributed by atoms with Crippen LogP contribution in [0.2, 0.25) is 0 Å². The van der Waals surface area contributed by atoms with Crippen LogP contribution >= 0.6 is 11.8 Å². The van der Waals surface area contributed by atoms with Crippen molar-refractivity contribution in [2.45, 2.75) is 11.8 Å². The molecule has 0 saturated carbocycles. The third-order valence-corrected chi connectivity index (χ3v) is 4.24. The second-order valence-electron chi connectivity index (χ2n) is 5.13. The fourth-order valence-corrected chi connectivity index (χ4v) is 2.66. The Morgan fingerprint density at radius 3 is 2.57 bits per heavy atom. The number of thioether (sulfide) groups is 1. The van der Waals surface area contributed by atoms with Gasteiger partial charge in [0.2, 0.25) is 0 Å². The van der Waals surface area contributed by atoms with E-state index in [0.29, 0.717) is 17.2 Å². The zero-order chi connectivity index (χ0) is 16.2. The van der Waals surface area contributed by atoms with Crippen LogP contribution in [0, 0.1) is 0 Å². The third-order valence-electron chi connectivity index (χ3n) is 3.50. The van der Waals surface area contributed by atoms with E-state index in [0.717, 1.165) is 11.1 Å². The van der Waals surface area contributed by atoms with Gasteiger partial charge in [0.1, 0.15) is 5.75 Å². The average Bonchev–Trinajstić information content (AvgIpc) is 3.06. The zero-order valence-corrected chi connectivity index (χ0v) is 13.8. The molecule has 0 aliphatic rings. The molecule has 2 aromatic carbocycles. The van der Waals surface area contributed by atoms with E-state index in [4.69, 9.17) is 0 Å². The summed E-state index contributed by atoms with van der Waals surface area (Å²) in [6.07, 6.45) is 4.10. The summed E-state index contributed by atoms with van der Waals surface area (Å²) in [5.41, 5.74) is 2.71. The minimum atomic E-state index is 0.185. The number of phenolic OH excluding ortho intramolecular Hbond substituents is 1. The van der Waals surface area contributed by atoms with Crippen LogP contribution in [0.25, 0.3) is 23.0 Å². The lowest BCUT2D eigenvalue weighted by molar-refractivity contribution is 0.477. The van der Waals surface area contributed by atoms with Gasteiger partial charge >= 0.3 is 0 Å². The van der Waals surface area contributed by atoms with E-state index in [-0.39, 0.29) is 5.75 Å². The van der Waals surface area contributed by atoms with Crippen molar-refractivity contribution >= 4 is 23.4 Å². The number of benzene rings is 2. The standard InChI is InChI=1S/C18H17N3OS/c1-12(11-13-7-9-14(23-2)10-8-13)17-19-18(21-20-17)15-5-3-4-6-16(15)22/h3-11,22H,1-2H3,(H,19,20,21). The molecule has 0 bridgehead atoms. The fourth-order valence-electron chi connectivity index (χ4n) is 2.25. The topological polar surface area (TPSA) is 61.8 Å². The maximum Gasteiger partial charge on any atom is 0.177 e. The molecule has 0 unspecified atom stereocenters. The van der Waals surface area contributed by atoms with Gasteiger partial charge in [0.15, 0.2) is 11.6 Å². The number of rotatable bonds is 4. The first-order valence-corrected chi connectivity index (χ1v) is 8.43. The molecule has 0 atom stereocenters. The molecule has 116 valence electrons. The van der Waals surface area contributed by atoms with Gasteiger partial charge in [-0.1, -0.05) is 24.3 Å². The number of aromatic amines is 1. The Balaban J connectivity index is 1.87. The van der Waals surface area contributed by atoms with Gasteiger partial charge in [0.05, 0.1) is 5.56 Å². The van der Waals surface area contributed by atoms with E-state index in [2.05, 4.69) is 45.7 Å².